The second-order valence-corrected chi connectivity index (χ2v) is 28.2. The van der Waals surface area contributed by atoms with Crippen LogP contribution < -0.4 is 11.1 Å². The quantitative estimate of drug-likeness (QED) is 0.0474. The number of H-pyrrole nitrogens is 1. The Bertz CT molecular complexity index is 2620. The van der Waals surface area contributed by atoms with Gasteiger partial charge in [-0.25, -0.2) is 9.48 Å². The highest BCUT2D eigenvalue weighted by molar-refractivity contribution is 6.76. The second-order valence-electron chi connectivity index (χ2n) is 22.6. The fourth-order valence-electron chi connectivity index (χ4n) is 9.14. The number of hydrogen-bond acceptors (Lipinski definition) is 10. The number of nitrogen functional groups attached to an aromatic ring is 1. The van der Waals surface area contributed by atoms with Crippen LogP contribution in [-0.2, 0) is 37.2 Å². The van der Waals surface area contributed by atoms with Gasteiger partial charge < -0.3 is 30.7 Å². The molecular weight excluding hydrogens is 909 g/mol. The normalized spacial score (nSPS) is 15.7. The highest BCUT2D eigenvalue weighted by atomic mass is 28.3. The van der Waals surface area contributed by atoms with Crippen LogP contribution in [0.5, 0.6) is 0 Å². The van der Waals surface area contributed by atoms with E-state index in [4.69, 9.17) is 10.5 Å². The van der Waals surface area contributed by atoms with Gasteiger partial charge in [0.15, 0.2) is 11.4 Å². The SMILES string of the molecule is CC1(C)CCc2c(C(=O)O)nn(COCC[Si](C)(C)C)c2C1.CN(C)CCC(c1ccccc1)n1cc(N)cn1.CN(C)CCC(c1ccccc1)n1cc(NC(=O)c2n[nH]c3c2CCC(C)(C)C3)cn1. The Kier molecular flexibility index (Phi) is 18.4. The van der Waals surface area contributed by atoms with E-state index in [1.165, 1.54) is 11.1 Å². The van der Waals surface area contributed by atoms with E-state index in [1.807, 2.05) is 46.0 Å². The highest BCUT2D eigenvalue weighted by Crippen LogP contribution is 2.37. The molecule has 0 aliphatic heterocycles. The highest BCUT2D eigenvalue weighted by Gasteiger charge is 2.33. The average Bonchev–Trinajstić information content (AvgIpc) is 4.12. The van der Waals surface area contributed by atoms with Crippen molar-refractivity contribution in [3.05, 3.63) is 130 Å². The predicted octanol–water partition coefficient (Wildman–Crippen LogP) is 9.33. The average molecular weight is 989 g/mol. The van der Waals surface area contributed by atoms with E-state index in [2.05, 4.69) is 153 Å². The summed E-state index contributed by atoms with van der Waals surface area (Å²) in [5.41, 5.74) is 14.9. The molecule has 0 spiro atoms. The molecule has 2 atom stereocenters. The summed E-state index contributed by atoms with van der Waals surface area (Å²) >= 11 is 0. The maximum atomic E-state index is 12.9. The third kappa shape index (κ3) is 15.8. The molecule has 0 fully saturated rings. The van der Waals surface area contributed by atoms with E-state index in [0.29, 0.717) is 23.8 Å². The summed E-state index contributed by atoms with van der Waals surface area (Å²) in [6.45, 7) is 18.9. The third-order valence-corrected chi connectivity index (χ3v) is 15.0. The third-order valence-electron chi connectivity index (χ3n) is 13.3. The minimum atomic E-state index is -1.11. The number of carbonyl (C=O) groups is 2. The van der Waals surface area contributed by atoms with E-state index in [9.17, 15) is 14.7 Å². The van der Waals surface area contributed by atoms with E-state index in [0.717, 1.165) is 99.6 Å². The summed E-state index contributed by atoms with van der Waals surface area (Å²) in [6, 6.07) is 22.2. The number of hydrogen-bond donors (Lipinski definition) is 4. The number of amides is 1. The van der Waals surface area contributed by atoms with E-state index in [1.54, 1.807) is 17.1 Å². The zero-order chi connectivity index (χ0) is 51.5. The lowest BCUT2D eigenvalue weighted by atomic mass is 9.76. The first-order valence-electron chi connectivity index (χ1n) is 25.1. The van der Waals surface area contributed by atoms with Crippen molar-refractivity contribution in [3.8, 4) is 0 Å². The van der Waals surface area contributed by atoms with Crippen molar-refractivity contribution < 1.29 is 19.4 Å². The van der Waals surface area contributed by atoms with Gasteiger partial charge in [-0.05, 0) is 121 Å². The number of anilines is 2. The van der Waals surface area contributed by atoms with Crippen LogP contribution in [0.4, 0.5) is 11.4 Å². The number of carboxylic acids is 1. The first kappa shape index (κ1) is 54.4. The minimum absolute atomic E-state index is 0.106. The molecule has 5 N–H and O–H groups in total. The lowest BCUT2D eigenvalue weighted by molar-refractivity contribution is 0.0667. The number of aromatic carboxylic acids is 1. The number of nitrogens with one attached hydrogen (secondary N) is 2. The van der Waals surface area contributed by atoms with Crippen molar-refractivity contribution in [2.24, 2.45) is 10.8 Å². The first-order chi connectivity index (χ1) is 33.6. The largest absolute Gasteiger partial charge is 0.476 e. The smallest absolute Gasteiger partial charge is 0.356 e. The van der Waals surface area contributed by atoms with E-state index >= 15 is 0 Å². The number of fused-ring (bicyclic) bond motifs is 2. The van der Waals surface area contributed by atoms with Crippen molar-refractivity contribution in [2.75, 3.05) is 58.9 Å². The monoisotopic (exact) mass is 989 g/mol. The number of carbonyl (C=O) groups excluding carboxylic acids is 1. The predicted molar refractivity (Wildman–Crippen MR) is 286 cm³/mol. The summed E-state index contributed by atoms with van der Waals surface area (Å²) in [7, 11) is 7.20. The maximum absolute atomic E-state index is 12.9. The van der Waals surface area contributed by atoms with Crippen LogP contribution in [0.15, 0.2) is 85.5 Å². The molecule has 8 rings (SSSR count). The molecule has 0 radical (unpaired) electrons. The van der Waals surface area contributed by atoms with Crippen molar-refractivity contribution in [1.29, 1.82) is 0 Å². The zero-order valence-corrected chi connectivity index (χ0v) is 45.2. The van der Waals surface area contributed by atoms with Gasteiger partial charge >= 0.3 is 5.97 Å². The lowest BCUT2D eigenvalue weighted by Crippen LogP contribution is -2.25. The molecule has 384 valence electrons. The van der Waals surface area contributed by atoms with Crippen LogP contribution in [0, 0.1) is 10.8 Å². The fourth-order valence-corrected chi connectivity index (χ4v) is 9.90. The van der Waals surface area contributed by atoms with E-state index in [-0.39, 0.29) is 34.5 Å². The van der Waals surface area contributed by atoms with Crippen LogP contribution in [0.3, 0.4) is 0 Å². The molecule has 2 aromatic carbocycles. The number of nitrogens with two attached hydrogens (primary N) is 1. The topological polar surface area (TPSA) is 190 Å². The fraction of sp³-hybridized carbons (Fsp3) is 0.519. The number of nitrogens with zero attached hydrogens (tertiary/aromatic N) is 9. The van der Waals surface area contributed by atoms with Gasteiger partial charge in [0.1, 0.15) is 6.73 Å². The van der Waals surface area contributed by atoms with Gasteiger partial charge in [-0.1, -0.05) is 108 Å². The minimum Gasteiger partial charge on any atom is -0.476 e. The van der Waals surface area contributed by atoms with Gasteiger partial charge in [0.25, 0.3) is 5.91 Å². The Hall–Kier alpha value is -5.88. The number of carboxylic acid groups (broad SMARTS) is 1. The molecule has 0 bridgehead atoms. The lowest BCUT2D eigenvalue weighted by Gasteiger charge is -2.30. The van der Waals surface area contributed by atoms with Gasteiger partial charge in [-0.15, -0.1) is 0 Å². The van der Waals surface area contributed by atoms with Gasteiger partial charge in [0.05, 0.1) is 35.9 Å². The van der Waals surface area contributed by atoms with Gasteiger partial charge in [0.2, 0.25) is 0 Å². The van der Waals surface area contributed by atoms with E-state index < -0.39 is 14.0 Å². The summed E-state index contributed by atoms with van der Waals surface area (Å²) in [5, 5.41) is 33.0. The van der Waals surface area contributed by atoms with Crippen molar-refractivity contribution in [3.63, 3.8) is 0 Å². The van der Waals surface area contributed by atoms with Gasteiger partial charge in [-0.2, -0.15) is 20.4 Å². The standard InChI is InChI=1S/C24H32N6O.C16H28N2O3Si.C14H20N4/c1-24(2)12-10-19-20(14-24)27-28-22(19)23(31)26-18-15-25-30(16-18)21(11-13-29(3)4)17-8-6-5-7-9-17;1-16(2)7-6-12-13(10-16)18(17-14(12)15(19)20)11-21-8-9-22(3,4)5;1-17(2)9-8-14(12-6-4-3-5-7-12)18-11-13(15)10-16-18/h5-9,15-16,21H,10-14H2,1-4H3,(H,26,31)(H,27,28);6-11H2,1-5H3,(H,19,20);3-7,10-11,14H,8-9,15H2,1-2H3. The number of benzene rings is 2. The van der Waals surface area contributed by atoms with Crippen LogP contribution in [0.25, 0.3) is 0 Å². The molecule has 2 aliphatic carbocycles. The Morgan fingerprint density at radius 1 is 0.803 bits per heavy atom. The molecule has 0 saturated heterocycles. The van der Waals surface area contributed by atoms with Crippen molar-refractivity contribution >= 4 is 31.3 Å². The Morgan fingerprint density at radius 2 is 1.35 bits per heavy atom. The molecule has 4 aromatic heterocycles. The Balaban J connectivity index is 0.000000182. The Morgan fingerprint density at radius 3 is 1.89 bits per heavy atom. The Labute approximate surface area is 422 Å². The molecule has 0 saturated carbocycles. The molecule has 2 aliphatic rings. The zero-order valence-electron chi connectivity index (χ0n) is 44.2. The number of rotatable bonds is 18. The summed E-state index contributed by atoms with van der Waals surface area (Å²) in [5.74, 6) is -1.11. The first-order valence-corrected chi connectivity index (χ1v) is 28.8. The number of aromatic nitrogens is 8. The molecular formula is C54H80N12O4Si. The molecule has 71 heavy (non-hydrogen) atoms. The van der Waals surface area contributed by atoms with Crippen LogP contribution in [0.1, 0.15) is 120 Å². The summed E-state index contributed by atoms with van der Waals surface area (Å²) in [4.78, 5) is 28.7. The molecule has 17 heteroatoms. The maximum Gasteiger partial charge on any atom is 0.356 e. The second kappa shape index (κ2) is 24.0. The molecule has 2 unspecified atom stereocenters. The van der Waals surface area contributed by atoms with Crippen molar-refractivity contribution in [2.45, 2.75) is 124 Å². The van der Waals surface area contributed by atoms with Gasteiger partial charge in [-0.3, -0.25) is 19.3 Å². The molecule has 4 heterocycles. The molecule has 6 aromatic rings. The van der Waals surface area contributed by atoms with Crippen LogP contribution >= 0.6 is 0 Å². The van der Waals surface area contributed by atoms with Crippen LogP contribution in [-0.4, -0.2) is 122 Å². The van der Waals surface area contributed by atoms with Crippen molar-refractivity contribution in [1.82, 2.24) is 49.3 Å². The molecule has 16 nitrogen and oxygen atoms in total. The number of aromatic amines is 1. The number of ether oxygens (including phenoxy) is 1. The summed E-state index contributed by atoms with van der Waals surface area (Å²) < 4.78 is 11.4. The summed E-state index contributed by atoms with van der Waals surface area (Å²) in [6.07, 6.45) is 14.7. The van der Waals surface area contributed by atoms with Crippen LogP contribution in [0.2, 0.25) is 25.7 Å². The molecule has 1 amide bonds. The van der Waals surface area contributed by atoms with Gasteiger partial charge in [0, 0.05) is 49.6 Å².